The van der Waals surface area contributed by atoms with Gasteiger partial charge in [-0.1, -0.05) is 13.8 Å². The smallest absolute Gasteiger partial charge is 0.0707 e. The van der Waals surface area contributed by atoms with Crippen LogP contribution in [0.15, 0.2) is 0 Å². The predicted molar refractivity (Wildman–Crippen MR) is 64.3 cm³/mol. The van der Waals surface area contributed by atoms with E-state index < -0.39 is 0 Å². The standard InChI is InChI=1S/C12H27NO2/c1-11(2)13-7-6-8-14-9-10-15-12(3,4)5/h11,13H,6-10H2,1-5H3. The first kappa shape index (κ1) is 14.9. The van der Waals surface area contributed by atoms with E-state index in [0.29, 0.717) is 19.3 Å². The zero-order valence-electron chi connectivity index (χ0n) is 10.9. The van der Waals surface area contributed by atoms with Crippen molar-refractivity contribution in [3.8, 4) is 0 Å². The molecule has 0 aromatic heterocycles. The fraction of sp³-hybridized carbons (Fsp3) is 1.00. The molecule has 0 spiro atoms. The van der Waals surface area contributed by atoms with Crippen molar-refractivity contribution >= 4 is 0 Å². The molecular weight excluding hydrogens is 190 g/mol. The van der Waals surface area contributed by atoms with Crippen LogP contribution in [0.2, 0.25) is 0 Å². The quantitative estimate of drug-likeness (QED) is 0.632. The molecule has 0 saturated carbocycles. The number of nitrogens with one attached hydrogen (secondary N) is 1. The monoisotopic (exact) mass is 217 g/mol. The van der Waals surface area contributed by atoms with Crippen LogP contribution in [0.25, 0.3) is 0 Å². The van der Waals surface area contributed by atoms with E-state index in [1.54, 1.807) is 0 Å². The molecule has 0 unspecified atom stereocenters. The van der Waals surface area contributed by atoms with E-state index in [4.69, 9.17) is 9.47 Å². The van der Waals surface area contributed by atoms with Crippen LogP contribution in [-0.4, -0.2) is 38.0 Å². The largest absolute Gasteiger partial charge is 0.379 e. The fourth-order valence-electron chi connectivity index (χ4n) is 1.07. The second-order valence-corrected chi connectivity index (χ2v) is 5.04. The van der Waals surface area contributed by atoms with Crippen molar-refractivity contribution in [3.63, 3.8) is 0 Å². The van der Waals surface area contributed by atoms with Gasteiger partial charge in [0.2, 0.25) is 0 Å². The molecule has 0 aromatic rings. The summed E-state index contributed by atoms with van der Waals surface area (Å²) in [5.74, 6) is 0. The molecule has 0 rings (SSSR count). The molecule has 0 amide bonds. The number of hydrogen-bond acceptors (Lipinski definition) is 3. The van der Waals surface area contributed by atoms with Crippen LogP contribution in [0.5, 0.6) is 0 Å². The van der Waals surface area contributed by atoms with Crippen LogP contribution < -0.4 is 5.32 Å². The molecule has 0 aliphatic rings. The third-order valence-corrected chi connectivity index (χ3v) is 1.78. The Hall–Kier alpha value is -0.120. The summed E-state index contributed by atoms with van der Waals surface area (Å²) in [4.78, 5) is 0. The van der Waals surface area contributed by atoms with Crippen molar-refractivity contribution in [2.75, 3.05) is 26.4 Å². The minimum absolute atomic E-state index is 0.0530. The van der Waals surface area contributed by atoms with Gasteiger partial charge in [0.05, 0.1) is 18.8 Å². The van der Waals surface area contributed by atoms with Crippen molar-refractivity contribution in [1.29, 1.82) is 0 Å². The van der Waals surface area contributed by atoms with Crippen molar-refractivity contribution in [1.82, 2.24) is 5.32 Å². The topological polar surface area (TPSA) is 30.5 Å². The summed E-state index contributed by atoms with van der Waals surface area (Å²) >= 11 is 0. The second kappa shape index (κ2) is 8.08. The van der Waals surface area contributed by atoms with Gasteiger partial charge in [-0.25, -0.2) is 0 Å². The molecule has 0 heterocycles. The average Bonchev–Trinajstić information content (AvgIpc) is 2.07. The SMILES string of the molecule is CC(C)NCCCOCCOC(C)(C)C. The third-order valence-electron chi connectivity index (χ3n) is 1.78. The highest BCUT2D eigenvalue weighted by molar-refractivity contribution is 4.58. The zero-order chi connectivity index (χ0) is 11.7. The van der Waals surface area contributed by atoms with Crippen molar-refractivity contribution in [2.45, 2.75) is 52.7 Å². The molecule has 0 fully saturated rings. The maximum absolute atomic E-state index is 5.53. The second-order valence-electron chi connectivity index (χ2n) is 5.04. The summed E-state index contributed by atoms with van der Waals surface area (Å²) in [6.07, 6.45) is 1.06. The van der Waals surface area contributed by atoms with Gasteiger partial charge >= 0.3 is 0 Å². The molecule has 0 bridgehead atoms. The van der Waals surface area contributed by atoms with Crippen LogP contribution in [0.3, 0.4) is 0 Å². The van der Waals surface area contributed by atoms with Gasteiger partial charge in [0, 0.05) is 12.6 Å². The molecule has 3 nitrogen and oxygen atoms in total. The van der Waals surface area contributed by atoms with E-state index in [2.05, 4.69) is 39.9 Å². The van der Waals surface area contributed by atoms with Crippen LogP contribution in [-0.2, 0) is 9.47 Å². The Balaban J connectivity index is 3.06. The Labute approximate surface area is 94.5 Å². The van der Waals surface area contributed by atoms with E-state index in [-0.39, 0.29) is 5.60 Å². The van der Waals surface area contributed by atoms with Crippen LogP contribution in [0.4, 0.5) is 0 Å². The van der Waals surface area contributed by atoms with E-state index >= 15 is 0 Å². The first-order chi connectivity index (χ1) is 6.92. The molecule has 0 aliphatic heterocycles. The van der Waals surface area contributed by atoms with Crippen LogP contribution in [0, 0.1) is 0 Å². The molecular formula is C12H27NO2. The molecule has 92 valence electrons. The van der Waals surface area contributed by atoms with Gasteiger partial charge in [-0.05, 0) is 33.7 Å². The molecule has 0 radical (unpaired) electrons. The number of rotatable bonds is 8. The average molecular weight is 217 g/mol. The summed E-state index contributed by atoms with van der Waals surface area (Å²) in [7, 11) is 0. The van der Waals surface area contributed by atoms with Gasteiger partial charge in [0.1, 0.15) is 0 Å². The molecule has 0 aromatic carbocycles. The predicted octanol–water partition coefficient (Wildman–Crippen LogP) is 2.21. The van der Waals surface area contributed by atoms with Gasteiger partial charge in [-0.2, -0.15) is 0 Å². The first-order valence-corrected chi connectivity index (χ1v) is 5.87. The highest BCUT2D eigenvalue weighted by Crippen LogP contribution is 2.05. The summed E-state index contributed by atoms with van der Waals surface area (Å²) in [6.45, 7) is 13.7. The Morgan fingerprint density at radius 1 is 1.07 bits per heavy atom. The Kier molecular flexibility index (Phi) is 8.02. The molecule has 15 heavy (non-hydrogen) atoms. The first-order valence-electron chi connectivity index (χ1n) is 5.87. The maximum atomic E-state index is 5.53. The third kappa shape index (κ3) is 13.9. The lowest BCUT2D eigenvalue weighted by Crippen LogP contribution is -2.25. The molecule has 0 saturated heterocycles. The zero-order valence-corrected chi connectivity index (χ0v) is 10.9. The minimum Gasteiger partial charge on any atom is -0.379 e. The summed E-state index contributed by atoms with van der Waals surface area (Å²) in [5.41, 5.74) is -0.0530. The van der Waals surface area contributed by atoms with E-state index in [0.717, 1.165) is 19.6 Å². The van der Waals surface area contributed by atoms with Crippen LogP contribution >= 0.6 is 0 Å². The van der Waals surface area contributed by atoms with Crippen LogP contribution in [0.1, 0.15) is 41.0 Å². The number of ether oxygens (including phenoxy) is 2. The molecule has 0 aliphatic carbocycles. The summed E-state index contributed by atoms with van der Waals surface area (Å²) < 4.78 is 11.0. The van der Waals surface area contributed by atoms with Gasteiger partial charge in [-0.15, -0.1) is 0 Å². The lowest BCUT2D eigenvalue weighted by atomic mass is 10.2. The Morgan fingerprint density at radius 3 is 2.27 bits per heavy atom. The Morgan fingerprint density at radius 2 is 1.73 bits per heavy atom. The fourth-order valence-corrected chi connectivity index (χ4v) is 1.07. The van der Waals surface area contributed by atoms with E-state index in [9.17, 15) is 0 Å². The maximum Gasteiger partial charge on any atom is 0.0707 e. The Bertz CT molecular complexity index is 141. The highest BCUT2D eigenvalue weighted by atomic mass is 16.5. The van der Waals surface area contributed by atoms with Crippen molar-refractivity contribution < 1.29 is 9.47 Å². The van der Waals surface area contributed by atoms with Crippen molar-refractivity contribution in [3.05, 3.63) is 0 Å². The van der Waals surface area contributed by atoms with Gasteiger partial charge < -0.3 is 14.8 Å². The van der Waals surface area contributed by atoms with E-state index in [1.165, 1.54) is 0 Å². The normalized spacial score (nSPS) is 12.4. The van der Waals surface area contributed by atoms with Gasteiger partial charge in [0.25, 0.3) is 0 Å². The van der Waals surface area contributed by atoms with Gasteiger partial charge in [0.15, 0.2) is 0 Å². The minimum atomic E-state index is -0.0530. The highest BCUT2D eigenvalue weighted by Gasteiger charge is 2.08. The van der Waals surface area contributed by atoms with E-state index in [1.807, 2.05) is 0 Å². The lowest BCUT2D eigenvalue weighted by molar-refractivity contribution is -0.0350. The van der Waals surface area contributed by atoms with Crippen molar-refractivity contribution in [2.24, 2.45) is 0 Å². The molecule has 0 atom stereocenters. The molecule has 1 N–H and O–H groups in total. The summed E-state index contributed by atoms with van der Waals surface area (Å²) in [5, 5.41) is 3.35. The summed E-state index contributed by atoms with van der Waals surface area (Å²) in [6, 6.07) is 0.564. The molecule has 3 heteroatoms. The lowest BCUT2D eigenvalue weighted by Gasteiger charge is -2.19. The van der Waals surface area contributed by atoms with Gasteiger partial charge in [-0.3, -0.25) is 0 Å². The number of hydrogen-bond donors (Lipinski definition) is 1.